The molecular weight excluding hydrogens is 308 g/mol. The average Bonchev–Trinajstić information content (AvgIpc) is 3.12. The van der Waals surface area contributed by atoms with Gasteiger partial charge in [-0.05, 0) is 30.2 Å². The number of aliphatic carboxylic acids is 1. The van der Waals surface area contributed by atoms with Gasteiger partial charge < -0.3 is 14.7 Å². The summed E-state index contributed by atoms with van der Waals surface area (Å²) in [6, 6.07) is 9.29. The van der Waals surface area contributed by atoms with Crippen LogP contribution in [0.25, 0.3) is 11.1 Å². The van der Waals surface area contributed by atoms with E-state index in [1.165, 1.54) is 6.20 Å². The van der Waals surface area contributed by atoms with E-state index < -0.39 is 11.9 Å². The summed E-state index contributed by atoms with van der Waals surface area (Å²) >= 11 is 0. The highest BCUT2D eigenvalue weighted by atomic mass is 16.5. The quantitative estimate of drug-likeness (QED) is 0.932. The lowest BCUT2D eigenvalue weighted by atomic mass is 10.1. The van der Waals surface area contributed by atoms with Crippen molar-refractivity contribution in [2.24, 2.45) is 5.92 Å². The monoisotopic (exact) mass is 326 g/mol. The Hall–Kier alpha value is -2.89. The predicted octanol–water partition coefficient (Wildman–Crippen LogP) is 2.30. The summed E-state index contributed by atoms with van der Waals surface area (Å²) in [7, 11) is 1.61. The molecule has 24 heavy (non-hydrogen) atoms. The van der Waals surface area contributed by atoms with E-state index in [1.807, 2.05) is 24.3 Å². The van der Waals surface area contributed by atoms with Gasteiger partial charge in [0.15, 0.2) is 0 Å². The van der Waals surface area contributed by atoms with E-state index in [4.69, 9.17) is 9.84 Å². The Bertz CT molecular complexity index is 758. The molecule has 1 aromatic carbocycles. The third-order valence-electron chi connectivity index (χ3n) is 4.23. The van der Waals surface area contributed by atoms with Crippen LogP contribution in [-0.4, -0.2) is 47.1 Å². The molecule has 1 aliphatic rings. The molecule has 3 rings (SSSR count). The van der Waals surface area contributed by atoms with Gasteiger partial charge in [0.25, 0.3) is 5.91 Å². The van der Waals surface area contributed by atoms with Crippen molar-refractivity contribution in [2.45, 2.75) is 6.42 Å². The highest BCUT2D eigenvalue weighted by molar-refractivity contribution is 5.95. The molecule has 1 aromatic heterocycles. The van der Waals surface area contributed by atoms with Gasteiger partial charge in [0.1, 0.15) is 5.75 Å². The van der Waals surface area contributed by atoms with Crippen LogP contribution >= 0.6 is 0 Å². The predicted molar refractivity (Wildman–Crippen MR) is 87.9 cm³/mol. The molecule has 0 bridgehead atoms. The van der Waals surface area contributed by atoms with Gasteiger partial charge in [0.2, 0.25) is 0 Å². The van der Waals surface area contributed by atoms with Crippen LogP contribution in [0.4, 0.5) is 0 Å². The Balaban J connectivity index is 1.79. The standard InChI is InChI=1S/C18H18N2O4/c1-24-16-4-2-12(3-5-16)14-8-15(10-19-9-14)17(21)20-7-6-13(11-20)18(22)23/h2-5,8-10,13H,6-7,11H2,1H3,(H,22,23)/t13-/m0/s1. The van der Waals surface area contributed by atoms with Crippen LogP contribution in [0, 0.1) is 5.92 Å². The van der Waals surface area contributed by atoms with E-state index in [0.717, 1.165) is 16.9 Å². The number of hydrogen-bond acceptors (Lipinski definition) is 4. The summed E-state index contributed by atoms with van der Waals surface area (Å²) in [5.41, 5.74) is 2.23. The molecule has 0 unspecified atom stereocenters. The first kappa shape index (κ1) is 16.0. The fourth-order valence-corrected chi connectivity index (χ4v) is 2.83. The molecular formula is C18H18N2O4. The second-order valence-corrected chi connectivity index (χ2v) is 5.77. The van der Waals surface area contributed by atoms with Gasteiger partial charge in [-0.2, -0.15) is 0 Å². The SMILES string of the molecule is COc1ccc(-c2cncc(C(=O)N3CC[C@H](C(=O)O)C3)c2)cc1. The lowest BCUT2D eigenvalue weighted by Crippen LogP contribution is -2.30. The molecule has 124 valence electrons. The number of rotatable bonds is 4. The third-order valence-corrected chi connectivity index (χ3v) is 4.23. The zero-order valence-electron chi connectivity index (χ0n) is 13.3. The Labute approximate surface area is 139 Å². The second kappa shape index (κ2) is 6.70. The molecule has 6 heteroatoms. The van der Waals surface area contributed by atoms with Gasteiger partial charge in [-0.15, -0.1) is 0 Å². The maximum Gasteiger partial charge on any atom is 0.308 e. The summed E-state index contributed by atoms with van der Waals surface area (Å²) in [6.45, 7) is 0.712. The number of hydrogen-bond donors (Lipinski definition) is 1. The fourth-order valence-electron chi connectivity index (χ4n) is 2.83. The number of benzene rings is 1. The van der Waals surface area contributed by atoms with Gasteiger partial charge in [-0.25, -0.2) is 0 Å². The van der Waals surface area contributed by atoms with Crippen molar-refractivity contribution in [1.82, 2.24) is 9.88 Å². The lowest BCUT2D eigenvalue weighted by Gasteiger charge is -2.16. The molecule has 2 aromatic rings. The number of nitrogens with zero attached hydrogens (tertiary/aromatic N) is 2. The Morgan fingerprint density at radius 1 is 1.21 bits per heavy atom. The molecule has 1 fully saturated rings. The van der Waals surface area contributed by atoms with Crippen LogP contribution in [0.5, 0.6) is 5.75 Å². The number of carboxylic acids is 1. The maximum atomic E-state index is 12.6. The van der Waals surface area contributed by atoms with E-state index in [1.54, 1.807) is 24.3 Å². The van der Waals surface area contributed by atoms with Crippen LogP contribution in [-0.2, 0) is 4.79 Å². The third kappa shape index (κ3) is 3.22. The summed E-state index contributed by atoms with van der Waals surface area (Å²) in [5.74, 6) is -0.751. The van der Waals surface area contributed by atoms with Crippen LogP contribution in [0.1, 0.15) is 16.8 Å². The number of amides is 1. The summed E-state index contributed by atoms with van der Waals surface area (Å²) < 4.78 is 5.14. The van der Waals surface area contributed by atoms with Crippen molar-refractivity contribution < 1.29 is 19.4 Å². The van der Waals surface area contributed by atoms with Crippen molar-refractivity contribution in [1.29, 1.82) is 0 Å². The largest absolute Gasteiger partial charge is 0.497 e. The minimum atomic E-state index is -0.851. The van der Waals surface area contributed by atoms with Crippen LogP contribution in [0.2, 0.25) is 0 Å². The zero-order valence-corrected chi connectivity index (χ0v) is 13.3. The van der Waals surface area contributed by atoms with E-state index in [9.17, 15) is 9.59 Å². The molecule has 0 radical (unpaired) electrons. The van der Waals surface area contributed by atoms with Crippen LogP contribution < -0.4 is 4.74 Å². The highest BCUT2D eigenvalue weighted by Crippen LogP contribution is 2.24. The first-order valence-electron chi connectivity index (χ1n) is 7.70. The molecule has 0 aliphatic carbocycles. The average molecular weight is 326 g/mol. The highest BCUT2D eigenvalue weighted by Gasteiger charge is 2.31. The van der Waals surface area contributed by atoms with Crippen LogP contribution in [0.15, 0.2) is 42.7 Å². The van der Waals surface area contributed by atoms with Gasteiger partial charge in [0, 0.05) is 31.0 Å². The van der Waals surface area contributed by atoms with Gasteiger partial charge >= 0.3 is 5.97 Å². The Kier molecular flexibility index (Phi) is 4.46. The molecule has 1 atom stereocenters. The molecule has 0 saturated carbocycles. The smallest absolute Gasteiger partial charge is 0.308 e. The summed E-state index contributed by atoms with van der Waals surface area (Å²) in [6.07, 6.45) is 3.71. The number of pyridine rings is 1. The second-order valence-electron chi connectivity index (χ2n) is 5.77. The van der Waals surface area contributed by atoms with Crippen molar-refractivity contribution in [3.8, 4) is 16.9 Å². The minimum Gasteiger partial charge on any atom is -0.497 e. The van der Waals surface area contributed by atoms with Crippen molar-refractivity contribution >= 4 is 11.9 Å². The minimum absolute atomic E-state index is 0.179. The van der Waals surface area contributed by atoms with Crippen molar-refractivity contribution in [3.05, 3.63) is 48.3 Å². The number of ether oxygens (including phenoxy) is 1. The molecule has 1 saturated heterocycles. The molecule has 6 nitrogen and oxygen atoms in total. The Morgan fingerprint density at radius 2 is 1.96 bits per heavy atom. The molecule has 1 aliphatic heterocycles. The Morgan fingerprint density at radius 3 is 2.58 bits per heavy atom. The van der Waals surface area contributed by atoms with E-state index in [0.29, 0.717) is 18.5 Å². The number of likely N-dealkylation sites (tertiary alicyclic amines) is 1. The fraction of sp³-hybridized carbons (Fsp3) is 0.278. The molecule has 1 N–H and O–H groups in total. The van der Waals surface area contributed by atoms with Crippen LogP contribution in [0.3, 0.4) is 0 Å². The van der Waals surface area contributed by atoms with Crippen molar-refractivity contribution in [2.75, 3.05) is 20.2 Å². The number of methoxy groups -OCH3 is 1. The van der Waals surface area contributed by atoms with E-state index in [2.05, 4.69) is 4.98 Å². The van der Waals surface area contributed by atoms with Crippen molar-refractivity contribution in [3.63, 3.8) is 0 Å². The normalized spacial score (nSPS) is 16.9. The number of carbonyl (C=O) groups excluding carboxylic acids is 1. The van der Waals surface area contributed by atoms with Gasteiger partial charge in [-0.1, -0.05) is 12.1 Å². The lowest BCUT2D eigenvalue weighted by molar-refractivity contribution is -0.141. The maximum absolute atomic E-state index is 12.6. The van der Waals surface area contributed by atoms with Gasteiger partial charge in [-0.3, -0.25) is 14.6 Å². The zero-order chi connectivity index (χ0) is 17.1. The van der Waals surface area contributed by atoms with Gasteiger partial charge in [0.05, 0.1) is 18.6 Å². The first-order chi connectivity index (χ1) is 11.6. The molecule has 1 amide bonds. The molecule has 2 heterocycles. The number of carboxylic acid groups (broad SMARTS) is 1. The van der Waals surface area contributed by atoms with E-state index in [-0.39, 0.29) is 12.5 Å². The summed E-state index contributed by atoms with van der Waals surface area (Å²) in [5, 5.41) is 9.06. The number of carbonyl (C=O) groups is 2. The first-order valence-corrected chi connectivity index (χ1v) is 7.70. The summed E-state index contributed by atoms with van der Waals surface area (Å²) in [4.78, 5) is 29.3. The topological polar surface area (TPSA) is 79.7 Å². The molecule has 0 spiro atoms. The van der Waals surface area contributed by atoms with E-state index >= 15 is 0 Å². The number of aromatic nitrogens is 1.